The van der Waals surface area contributed by atoms with E-state index in [2.05, 4.69) is 36.4 Å². The number of aryl methyl sites for hydroxylation is 1. The number of rotatable bonds is 4. The topological polar surface area (TPSA) is 110 Å². The first-order chi connectivity index (χ1) is 13.1. The fourth-order valence-electron chi connectivity index (χ4n) is 3.09. The molecule has 1 aliphatic rings. The molecule has 27 heavy (non-hydrogen) atoms. The summed E-state index contributed by atoms with van der Waals surface area (Å²) in [6.45, 7) is 0. The van der Waals surface area contributed by atoms with Crippen LogP contribution in [-0.2, 0) is 12.8 Å². The molecule has 0 amide bonds. The normalized spacial score (nSPS) is 12.7. The van der Waals surface area contributed by atoms with Gasteiger partial charge in [-0.1, -0.05) is 21.1 Å². The van der Waals surface area contributed by atoms with Crippen molar-refractivity contribution in [1.82, 2.24) is 15.1 Å². The minimum Gasteiger partial charge on any atom is -0.495 e. The molecule has 9 heteroatoms. The molecular formula is C18H15BrN4O4. The number of carboxylic acid groups (broad SMARTS) is 1. The summed E-state index contributed by atoms with van der Waals surface area (Å²) in [5.74, 6) is 0.288. The van der Waals surface area contributed by atoms with Crippen LogP contribution in [0.3, 0.4) is 0 Å². The SMILES string of the molecule is COc1cc(Br)ccc1Nc1ncc2c(n1)-c1onc(C(=O)O)c1CCC2. The lowest BCUT2D eigenvalue weighted by Gasteiger charge is -2.11. The Morgan fingerprint density at radius 1 is 1.37 bits per heavy atom. The predicted octanol–water partition coefficient (Wildman–Crippen LogP) is 3.83. The van der Waals surface area contributed by atoms with Crippen LogP contribution in [0, 0.1) is 0 Å². The number of hydrogen-bond donors (Lipinski definition) is 2. The van der Waals surface area contributed by atoms with Crippen LogP contribution in [0.15, 0.2) is 33.4 Å². The molecule has 0 saturated heterocycles. The van der Waals surface area contributed by atoms with Crippen LogP contribution in [0.1, 0.15) is 28.0 Å². The summed E-state index contributed by atoms with van der Waals surface area (Å²) in [6.07, 6.45) is 3.81. The third kappa shape index (κ3) is 3.25. The van der Waals surface area contributed by atoms with Gasteiger partial charge in [0, 0.05) is 21.8 Å². The van der Waals surface area contributed by atoms with Crippen LogP contribution in [-0.4, -0.2) is 33.3 Å². The zero-order chi connectivity index (χ0) is 19.0. The highest BCUT2D eigenvalue weighted by molar-refractivity contribution is 9.10. The van der Waals surface area contributed by atoms with Crippen molar-refractivity contribution in [3.63, 3.8) is 0 Å². The van der Waals surface area contributed by atoms with Gasteiger partial charge < -0.3 is 19.7 Å². The molecule has 0 radical (unpaired) electrons. The molecule has 0 fully saturated rings. The molecule has 1 aromatic carbocycles. The minimum atomic E-state index is -1.10. The van der Waals surface area contributed by atoms with Gasteiger partial charge in [-0.2, -0.15) is 0 Å². The molecule has 2 heterocycles. The maximum absolute atomic E-state index is 11.4. The average Bonchev–Trinajstić information content (AvgIpc) is 3.00. The third-order valence-electron chi connectivity index (χ3n) is 4.35. The maximum atomic E-state index is 11.4. The lowest BCUT2D eigenvalue weighted by Crippen LogP contribution is -2.02. The molecule has 0 unspecified atom stereocenters. The number of anilines is 2. The third-order valence-corrected chi connectivity index (χ3v) is 4.85. The van der Waals surface area contributed by atoms with Crippen molar-refractivity contribution in [1.29, 1.82) is 0 Å². The molecule has 1 aliphatic carbocycles. The van der Waals surface area contributed by atoms with Gasteiger partial charge in [-0.3, -0.25) is 0 Å². The van der Waals surface area contributed by atoms with Gasteiger partial charge >= 0.3 is 5.97 Å². The van der Waals surface area contributed by atoms with Crippen LogP contribution in [0.5, 0.6) is 5.75 Å². The molecular weight excluding hydrogens is 416 g/mol. The van der Waals surface area contributed by atoms with Crippen molar-refractivity contribution in [2.75, 3.05) is 12.4 Å². The average molecular weight is 431 g/mol. The van der Waals surface area contributed by atoms with Crippen molar-refractivity contribution in [3.05, 3.63) is 45.7 Å². The summed E-state index contributed by atoms with van der Waals surface area (Å²) >= 11 is 3.41. The van der Waals surface area contributed by atoms with E-state index in [1.54, 1.807) is 13.3 Å². The molecule has 138 valence electrons. The first-order valence-electron chi connectivity index (χ1n) is 8.25. The summed E-state index contributed by atoms with van der Waals surface area (Å²) in [5.41, 5.74) is 2.69. The number of methoxy groups -OCH3 is 1. The summed E-state index contributed by atoms with van der Waals surface area (Å²) < 4.78 is 11.6. The van der Waals surface area contributed by atoms with Gasteiger partial charge in [0.05, 0.1) is 12.8 Å². The molecule has 0 spiro atoms. The summed E-state index contributed by atoms with van der Waals surface area (Å²) in [7, 11) is 1.58. The fraction of sp³-hybridized carbons (Fsp3) is 0.222. The lowest BCUT2D eigenvalue weighted by molar-refractivity contribution is 0.0684. The Kier molecular flexibility index (Phi) is 4.53. The van der Waals surface area contributed by atoms with Gasteiger partial charge in [-0.05, 0) is 37.5 Å². The Bertz CT molecular complexity index is 1030. The van der Waals surface area contributed by atoms with E-state index in [4.69, 9.17) is 9.26 Å². The second-order valence-electron chi connectivity index (χ2n) is 6.03. The highest BCUT2D eigenvalue weighted by Gasteiger charge is 2.27. The van der Waals surface area contributed by atoms with Crippen LogP contribution in [0.2, 0.25) is 0 Å². The van der Waals surface area contributed by atoms with E-state index in [-0.39, 0.29) is 5.69 Å². The van der Waals surface area contributed by atoms with Crippen molar-refractivity contribution >= 4 is 33.5 Å². The van der Waals surface area contributed by atoms with E-state index in [0.29, 0.717) is 40.8 Å². The second-order valence-corrected chi connectivity index (χ2v) is 6.95. The van der Waals surface area contributed by atoms with Crippen LogP contribution < -0.4 is 10.1 Å². The van der Waals surface area contributed by atoms with Crippen molar-refractivity contribution in [3.8, 4) is 17.2 Å². The summed E-state index contributed by atoms with van der Waals surface area (Å²) in [5, 5.41) is 16.2. The Hall–Kier alpha value is -2.94. The standard InChI is InChI=1S/C18H15BrN4O4/c1-26-13-7-10(19)5-6-12(13)21-18-20-8-9-3-2-4-11-15(17(24)25)23-27-16(11)14(9)22-18/h5-8H,2-4H2,1H3,(H,24,25)(H,20,21,22). The Balaban J connectivity index is 1.75. The number of halogens is 1. The highest BCUT2D eigenvalue weighted by Crippen LogP contribution is 2.35. The molecule has 3 aromatic rings. The zero-order valence-electron chi connectivity index (χ0n) is 14.3. The Morgan fingerprint density at radius 3 is 3.00 bits per heavy atom. The predicted molar refractivity (Wildman–Crippen MR) is 100 cm³/mol. The van der Waals surface area contributed by atoms with Crippen LogP contribution >= 0.6 is 15.9 Å². The van der Waals surface area contributed by atoms with Crippen LogP contribution in [0.25, 0.3) is 11.5 Å². The number of nitrogens with one attached hydrogen (secondary N) is 1. The molecule has 0 aliphatic heterocycles. The molecule has 0 saturated carbocycles. The van der Waals surface area contributed by atoms with Gasteiger partial charge in [0.25, 0.3) is 0 Å². The first kappa shape index (κ1) is 17.5. The van der Waals surface area contributed by atoms with Gasteiger partial charge in [0.15, 0.2) is 11.5 Å². The van der Waals surface area contributed by atoms with Crippen LogP contribution in [0.4, 0.5) is 11.6 Å². The van der Waals surface area contributed by atoms with E-state index in [9.17, 15) is 9.90 Å². The van der Waals surface area contributed by atoms with Gasteiger partial charge in [-0.25, -0.2) is 14.8 Å². The van der Waals surface area contributed by atoms with E-state index in [1.807, 2.05) is 18.2 Å². The molecule has 0 atom stereocenters. The zero-order valence-corrected chi connectivity index (χ0v) is 15.9. The Labute approximate surface area is 162 Å². The lowest BCUT2D eigenvalue weighted by atomic mass is 10.1. The van der Waals surface area contributed by atoms with Crippen molar-refractivity contribution < 1.29 is 19.2 Å². The quantitative estimate of drug-likeness (QED) is 0.642. The number of fused-ring (bicyclic) bond motifs is 3. The van der Waals surface area contributed by atoms with Gasteiger partial charge in [-0.15, -0.1) is 0 Å². The number of carboxylic acids is 1. The van der Waals surface area contributed by atoms with Crippen molar-refractivity contribution in [2.24, 2.45) is 0 Å². The van der Waals surface area contributed by atoms with E-state index in [1.165, 1.54) is 0 Å². The highest BCUT2D eigenvalue weighted by atomic mass is 79.9. The number of ether oxygens (including phenoxy) is 1. The number of nitrogens with zero attached hydrogens (tertiary/aromatic N) is 3. The number of hydrogen-bond acceptors (Lipinski definition) is 7. The summed E-state index contributed by atoms with van der Waals surface area (Å²) in [6, 6.07) is 5.56. The first-order valence-corrected chi connectivity index (χ1v) is 9.05. The van der Waals surface area contributed by atoms with Gasteiger partial charge in [0.2, 0.25) is 5.95 Å². The molecule has 8 nitrogen and oxygen atoms in total. The summed E-state index contributed by atoms with van der Waals surface area (Å²) in [4.78, 5) is 20.3. The number of carbonyl (C=O) groups is 1. The number of benzene rings is 1. The minimum absolute atomic E-state index is 0.0550. The number of aromatic nitrogens is 3. The van der Waals surface area contributed by atoms with E-state index in [0.717, 1.165) is 22.9 Å². The fourth-order valence-corrected chi connectivity index (χ4v) is 3.43. The number of aromatic carboxylic acids is 1. The second kappa shape index (κ2) is 6.99. The molecule has 0 bridgehead atoms. The van der Waals surface area contributed by atoms with E-state index >= 15 is 0 Å². The largest absolute Gasteiger partial charge is 0.495 e. The van der Waals surface area contributed by atoms with Crippen molar-refractivity contribution in [2.45, 2.75) is 19.3 Å². The maximum Gasteiger partial charge on any atom is 0.358 e. The molecule has 4 rings (SSSR count). The molecule has 2 aromatic heterocycles. The Morgan fingerprint density at radius 2 is 2.22 bits per heavy atom. The monoisotopic (exact) mass is 430 g/mol. The van der Waals surface area contributed by atoms with E-state index < -0.39 is 5.97 Å². The molecule has 2 N–H and O–H groups in total. The van der Waals surface area contributed by atoms with Gasteiger partial charge in [0.1, 0.15) is 11.4 Å². The smallest absolute Gasteiger partial charge is 0.358 e.